The summed E-state index contributed by atoms with van der Waals surface area (Å²) in [5.74, 6) is -0.562. The van der Waals surface area contributed by atoms with Gasteiger partial charge >= 0.3 is 0 Å². The fourth-order valence-corrected chi connectivity index (χ4v) is 2.19. The van der Waals surface area contributed by atoms with Gasteiger partial charge in [0.1, 0.15) is 0 Å². The molecule has 0 aliphatic carbocycles. The fourth-order valence-electron chi connectivity index (χ4n) is 1.30. The van der Waals surface area contributed by atoms with Crippen molar-refractivity contribution < 1.29 is 4.79 Å². The van der Waals surface area contributed by atoms with Gasteiger partial charge in [-0.05, 0) is 13.3 Å². The van der Waals surface area contributed by atoms with Gasteiger partial charge in [-0.25, -0.2) is 4.98 Å². The molecule has 1 amide bonds. The maximum Gasteiger partial charge on any atom is 0.236 e. The molecule has 6 heteroatoms. The van der Waals surface area contributed by atoms with Crippen LogP contribution in [0.2, 0.25) is 0 Å². The Morgan fingerprint density at radius 3 is 2.88 bits per heavy atom. The summed E-state index contributed by atoms with van der Waals surface area (Å²) in [6.45, 7) is 3.93. The maximum atomic E-state index is 11.8. The number of thiocarbonyl (C=S) groups is 1. The Balaban J connectivity index is 2.65. The van der Waals surface area contributed by atoms with E-state index in [2.05, 4.69) is 10.3 Å². The number of nitrogens with one attached hydrogen (secondary N) is 1. The average molecular weight is 257 g/mol. The van der Waals surface area contributed by atoms with Crippen molar-refractivity contribution in [2.45, 2.75) is 26.7 Å². The summed E-state index contributed by atoms with van der Waals surface area (Å²) in [7, 11) is 0. The minimum atomic E-state index is -0.399. The summed E-state index contributed by atoms with van der Waals surface area (Å²) in [5, 5.41) is 3.33. The van der Waals surface area contributed by atoms with E-state index in [0.717, 1.165) is 11.3 Å². The number of aryl methyl sites for hydroxylation is 1. The molecule has 3 N–H and O–H groups in total. The van der Waals surface area contributed by atoms with Crippen LogP contribution in [-0.4, -0.2) is 15.9 Å². The van der Waals surface area contributed by atoms with Gasteiger partial charge in [-0.15, -0.1) is 11.3 Å². The van der Waals surface area contributed by atoms with E-state index in [4.69, 9.17) is 18.0 Å². The van der Waals surface area contributed by atoms with Crippen LogP contribution in [0.5, 0.6) is 0 Å². The third-order valence-corrected chi connectivity index (χ3v) is 3.20. The Hall–Kier alpha value is -1.01. The van der Waals surface area contributed by atoms with Gasteiger partial charge in [0.15, 0.2) is 5.13 Å². The van der Waals surface area contributed by atoms with Crippen LogP contribution < -0.4 is 11.1 Å². The molecule has 0 radical (unpaired) electrons. The number of carbonyl (C=O) groups excluding carboxylic acids is 1. The Bertz CT molecular complexity index is 389. The second kappa shape index (κ2) is 5.91. The van der Waals surface area contributed by atoms with Crippen LogP contribution in [0.15, 0.2) is 6.20 Å². The van der Waals surface area contributed by atoms with Crippen molar-refractivity contribution in [2.75, 3.05) is 5.32 Å². The van der Waals surface area contributed by atoms with Crippen molar-refractivity contribution in [1.82, 2.24) is 4.98 Å². The molecule has 4 nitrogen and oxygen atoms in total. The molecule has 0 aliphatic rings. The van der Waals surface area contributed by atoms with E-state index >= 15 is 0 Å². The zero-order valence-electron chi connectivity index (χ0n) is 9.32. The zero-order chi connectivity index (χ0) is 12.1. The normalized spacial score (nSPS) is 12.1. The lowest BCUT2D eigenvalue weighted by Gasteiger charge is -2.12. The highest BCUT2D eigenvalue weighted by Crippen LogP contribution is 2.18. The summed E-state index contributed by atoms with van der Waals surface area (Å²) in [4.78, 5) is 17.2. The Morgan fingerprint density at radius 2 is 2.44 bits per heavy atom. The van der Waals surface area contributed by atoms with E-state index in [0.29, 0.717) is 11.6 Å². The maximum absolute atomic E-state index is 11.8. The van der Waals surface area contributed by atoms with Crippen LogP contribution in [0.25, 0.3) is 0 Å². The highest BCUT2D eigenvalue weighted by atomic mass is 32.1. The highest BCUT2D eigenvalue weighted by Gasteiger charge is 2.21. The molecule has 1 heterocycles. The standard InChI is InChI=1S/C10H15N3OS2/c1-3-4-7(8(11)15)9(14)13-10-12-5-6(2)16-10/h5,7H,3-4H2,1-2H3,(H2,11,15)(H,12,13,14). The highest BCUT2D eigenvalue weighted by molar-refractivity contribution is 7.80. The molecular weight excluding hydrogens is 242 g/mol. The topological polar surface area (TPSA) is 68.0 Å². The lowest BCUT2D eigenvalue weighted by Crippen LogP contribution is -2.33. The third kappa shape index (κ3) is 3.53. The van der Waals surface area contributed by atoms with Gasteiger partial charge in [0.05, 0.1) is 10.9 Å². The van der Waals surface area contributed by atoms with E-state index < -0.39 is 5.92 Å². The van der Waals surface area contributed by atoms with Gasteiger partial charge < -0.3 is 11.1 Å². The Morgan fingerprint density at radius 1 is 1.75 bits per heavy atom. The van der Waals surface area contributed by atoms with Crippen molar-refractivity contribution in [3.05, 3.63) is 11.1 Å². The molecule has 0 aliphatic heterocycles. The Labute approximate surface area is 104 Å². The SMILES string of the molecule is CCCC(C(=O)Nc1ncc(C)s1)C(N)=S. The molecule has 88 valence electrons. The molecule has 1 aromatic heterocycles. The number of rotatable bonds is 5. The zero-order valence-corrected chi connectivity index (χ0v) is 11.0. The number of nitrogens with zero attached hydrogens (tertiary/aromatic N) is 1. The van der Waals surface area contributed by atoms with Crippen molar-refractivity contribution in [1.29, 1.82) is 0 Å². The number of carbonyl (C=O) groups is 1. The van der Waals surface area contributed by atoms with Gasteiger partial charge in [-0.3, -0.25) is 4.79 Å². The fraction of sp³-hybridized carbons (Fsp3) is 0.500. The summed E-state index contributed by atoms with van der Waals surface area (Å²) in [5.41, 5.74) is 5.54. The van der Waals surface area contributed by atoms with Gasteiger partial charge in [0.2, 0.25) is 5.91 Å². The third-order valence-electron chi connectivity index (χ3n) is 2.09. The van der Waals surface area contributed by atoms with Crippen molar-refractivity contribution >= 4 is 39.6 Å². The summed E-state index contributed by atoms with van der Waals surface area (Å²) < 4.78 is 0. The lowest BCUT2D eigenvalue weighted by molar-refractivity contribution is -0.118. The number of anilines is 1. The van der Waals surface area contributed by atoms with Gasteiger partial charge in [-0.1, -0.05) is 25.6 Å². The molecule has 1 rings (SSSR count). The number of aromatic nitrogens is 1. The van der Waals surface area contributed by atoms with Crippen LogP contribution in [0.3, 0.4) is 0 Å². The first-order valence-corrected chi connectivity index (χ1v) is 6.29. The first-order chi connectivity index (χ1) is 7.54. The minimum absolute atomic E-state index is 0.163. The Kier molecular flexibility index (Phi) is 4.82. The monoisotopic (exact) mass is 257 g/mol. The van der Waals surface area contributed by atoms with E-state index in [1.165, 1.54) is 11.3 Å². The van der Waals surface area contributed by atoms with Crippen LogP contribution >= 0.6 is 23.6 Å². The van der Waals surface area contributed by atoms with Crippen LogP contribution in [0.1, 0.15) is 24.6 Å². The predicted octanol–water partition coefficient (Wildman–Crippen LogP) is 2.09. The van der Waals surface area contributed by atoms with Crippen molar-refractivity contribution in [3.8, 4) is 0 Å². The van der Waals surface area contributed by atoms with E-state index in [9.17, 15) is 4.79 Å². The van der Waals surface area contributed by atoms with Gasteiger partial charge in [-0.2, -0.15) is 0 Å². The molecule has 1 atom stereocenters. The summed E-state index contributed by atoms with van der Waals surface area (Å²) in [6, 6.07) is 0. The van der Waals surface area contributed by atoms with E-state index in [-0.39, 0.29) is 10.9 Å². The second-order valence-electron chi connectivity index (χ2n) is 3.51. The molecular formula is C10H15N3OS2. The number of thiazole rings is 1. The lowest BCUT2D eigenvalue weighted by atomic mass is 10.0. The molecule has 1 unspecified atom stereocenters. The van der Waals surface area contributed by atoms with E-state index in [1.807, 2.05) is 13.8 Å². The smallest absolute Gasteiger partial charge is 0.236 e. The number of hydrogen-bond acceptors (Lipinski definition) is 4. The molecule has 0 saturated heterocycles. The van der Waals surface area contributed by atoms with Gasteiger partial charge in [0.25, 0.3) is 0 Å². The number of nitrogens with two attached hydrogens (primary N) is 1. The number of hydrogen-bond donors (Lipinski definition) is 2. The minimum Gasteiger partial charge on any atom is -0.393 e. The molecule has 0 fully saturated rings. The summed E-state index contributed by atoms with van der Waals surface area (Å²) in [6.07, 6.45) is 3.26. The van der Waals surface area contributed by atoms with Crippen LogP contribution in [0.4, 0.5) is 5.13 Å². The molecule has 16 heavy (non-hydrogen) atoms. The number of amides is 1. The molecule has 0 saturated carbocycles. The molecule has 0 bridgehead atoms. The quantitative estimate of drug-likeness (QED) is 0.793. The average Bonchev–Trinajstić information content (AvgIpc) is 2.59. The van der Waals surface area contributed by atoms with Crippen LogP contribution in [0, 0.1) is 12.8 Å². The molecule has 0 spiro atoms. The van der Waals surface area contributed by atoms with Gasteiger partial charge in [0, 0.05) is 11.1 Å². The largest absolute Gasteiger partial charge is 0.393 e. The molecule has 0 aromatic carbocycles. The van der Waals surface area contributed by atoms with Crippen LogP contribution in [-0.2, 0) is 4.79 Å². The summed E-state index contributed by atoms with van der Waals surface area (Å²) >= 11 is 6.32. The second-order valence-corrected chi connectivity index (χ2v) is 5.22. The first-order valence-electron chi connectivity index (χ1n) is 5.07. The predicted molar refractivity (Wildman–Crippen MR) is 70.7 cm³/mol. The van der Waals surface area contributed by atoms with E-state index in [1.54, 1.807) is 6.20 Å². The van der Waals surface area contributed by atoms with Crippen molar-refractivity contribution in [2.24, 2.45) is 11.7 Å². The first kappa shape index (κ1) is 13.1. The van der Waals surface area contributed by atoms with Crippen molar-refractivity contribution in [3.63, 3.8) is 0 Å². The molecule has 1 aromatic rings.